The van der Waals surface area contributed by atoms with Crippen LogP contribution in [-0.4, -0.2) is 28.3 Å². The van der Waals surface area contributed by atoms with Crippen molar-refractivity contribution in [1.82, 2.24) is 15.1 Å². The maximum atomic E-state index is 5.45. The Labute approximate surface area is 133 Å². The first kappa shape index (κ1) is 14.0. The summed E-state index contributed by atoms with van der Waals surface area (Å²) in [5.74, 6) is 1.53. The molecule has 1 N–H and O–H groups in total. The summed E-state index contributed by atoms with van der Waals surface area (Å²) in [6.07, 6.45) is 6.36. The molecule has 3 aromatic rings. The van der Waals surface area contributed by atoms with Gasteiger partial charge in [0.25, 0.3) is 5.71 Å². The van der Waals surface area contributed by atoms with Crippen LogP contribution in [-0.2, 0) is 0 Å². The monoisotopic (exact) mass is 310 g/mol. The minimum Gasteiger partial charge on any atom is -0.496 e. The van der Waals surface area contributed by atoms with Crippen molar-refractivity contribution in [3.8, 4) is 17.0 Å². The molecule has 23 heavy (non-hydrogen) atoms. The fourth-order valence-corrected chi connectivity index (χ4v) is 3.18. The molecule has 1 fully saturated rings. The van der Waals surface area contributed by atoms with Crippen molar-refractivity contribution in [3.63, 3.8) is 0 Å². The van der Waals surface area contributed by atoms with Gasteiger partial charge < -0.3 is 14.6 Å². The van der Waals surface area contributed by atoms with Gasteiger partial charge >= 0.3 is 0 Å². The molecular weight excluding hydrogens is 292 g/mol. The lowest BCUT2D eigenvalue weighted by Gasteiger charge is -2.13. The van der Waals surface area contributed by atoms with E-state index in [1.807, 2.05) is 24.3 Å². The highest BCUT2D eigenvalue weighted by Gasteiger charge is 2.22. The highest BCUT2D eigenvalue weighted by atomic mass is 16.5. The number of nitrogens with one attached hydrogen (secondary N) is 1. The van der Waals surface area contributed by atoms with E-state index in [2.05, 4.69) is 20.4 Å². The normalized spacial score (nSPS) is 15.2. The molecule has 0 saturated heterocycles. The Bertz CT molecular complexity index is 824. The highest BCUT2D eigenvalue weighted by molar-refractivity contribution is 5.98. The highest BCUT2D eigenvalue weighted by Crippen LogP contribution is 2.37. The number of hydrogen-bond acceptors (Lipinski definition) is 6. The molecule has 1 aliphatic carbocycles. The van der Waals surface area contributed by atoms with Gasteiger partial charge in [-0.3, -0.25) is 0 Å². The number of fused-ring (bicyclic) bond motifs is 1. The zero-order valence-corrected chi connectivity index (χ0v) is 13.0. The number of anilines is 1. The quantitative estimate of drug-likeness (QED) is 0.793. The van der Waals surface area contributed by atoms with E-state index in [-0.39, 0.29) is 0 Å². The third kappa shape index (κ3) is 2.50. The molecule has 2 heterocycles. The Balaban J connectivity index is 1.84. The maximum Gasteiger partial charge on any atom is 0.263 e. The standard InChI is InChI=1S/C17H18N4O2/c1-22-13-9-5-4-8-12(13)15-14-16(20-11-6-2-3-7-11)18-10-19-17(14)23-21-15/h4-5,8-11H,2-3,6-7H2,1H3,(H,18,19,20). The van der Waals surface area contributed by atoms with Crippen LogP contribution in [0.25, 0.3) is 22.4 Å². The van der Waals surface area contributed by atoms with E-state index in [1.54, 1.807) is 7.11 Å². The van der Waals surface area contributed by atoms with Gasteiger partial charge in [-0.15, -0.1) is 0 Å². The van der Waals surface area contributed by atoms with Crippen molar-refractivity contribution in [2.45, 2.75) is 31.7 Å². The Kier molecular flexibility index (Phi) is 3.57. The van der Waals surface area contributed by atoms with Crippen LogP contribution in [0.15, 0.2) is 35.1 Å². The molecule has 0 atom stereocenters. The molecule has 2 aromatic heterocycles. The van der Waals surface area contributed by atoms with Gasteiger partial charge in [0.05, 0.1) is 7.11 Å². The van der Waals surface area contributed by atoms with Crippen molar-refractivity contribution >= 4 is 16.9 Å². The molecule has 6 nitrogen and oxygen atoms in total. The largest absolute Gasteiger partial charge is 0.496 e. The van der Waals surface area contributed by atoms with Crippen molar-refractivity contribution in [2.75, 3.05) is 12.4 Å². The van der Waals surface area contributed by atoms with Crippen LogP contribution in [0.5, 0.6) is 5.75 Å². The van der Waals surface area contributed by atoms with E-state index >= 15 is 0 Å². The summed E-state index contributed by atoms with van der Waals surface area (Å²) in [5, 5.41) is 8.55. The third-order valence-corrected chi connectivity index (χ3v) is 4.33. The number of benzene rings is 1. The van der Waals surface area contributed by atoms with Crippen LogP contribution in [0.1, 0.15) is 25.7 Å². The first-order chi connectivity index (χ1) is 11.4. The zero-order chi connectivity index (χ0) is 15.6. The number of hydrogen-bond donors (Lipinski definition) is 1. The number of methoxy groups -OCH3 is 1. The molecule has 0 aliphatic heterocycles. The average molecular weight is 310 g/mol. The number of para-hydroxylation sites is 1. The minimum absolute atomic E-state index is 0.452. The molecule has 1 aromatic carbocycles. The Morgan fingerprint density at radius 2 is 2.00 bits per heavy atom. The van der Waals surface area contributed by atoms with Crippen molar-refractivity contribution in [3.05, 3.63) is 30.6 Å². The summed E-state index contributed by atoms with van der Waals surface area (Å²) in [5.41, 5.74) is 2.07. The van der Waals surface area contributed by atoms with Gasteiger partial charge in [0, 0.05) is 11.6 Å². The molecule has 0 unspecified atom stereocenters. The van der Waals surface area contributed by atoms with Gasteiger partial charge in [-0.2, -0.15) is 4.98 Å². The van der Waals surface area contributed by atoms with Gasteiger partial charge in [-0.25, -0.2) is 4.98 Å². The third-order valence-electron chi connectivity index (χ3n) is 4.33. The van der Waals surface area contributed by atoms with E-state index in [1.165, 1.54) is 32.0 Å². The molecule has 4 rings (SSSR count). The van der Waals surface area contributed by atoms with Crippen molar-refractivity contribution in [2.24, 2.45) is 0 Å². The van der Waals surface area contributed by atoms with E-state index in [9.17, 15) is 0 Å². The van der Waals surface area contributed by atoms with E-state index in [4.69, 9.17) is 9.26 Å². The number of rotatable bonds is 4. The predicted molar refractivity (Wildman–Crippen MR) is 87.5 cm³/mol. The van der Waals surface area contributed by atoms with Crippen LogP contribution in [0, 0.1) is 0 Å². The smallest absolute Gasteiger partial charge is 0.263 e. The first-order valence-corrected chi connectivity index (χ1v) is 7.87. The molecule has 1 aliphatic rings. The topological polar surface area (TPSA) is 73.1 Å². The lowest BCUT2D eigenvalue weighted by atomic mass is 10.1. The second-order valence-electron chi connectivity index (χ2n) is 5.76. The predicted octanol–water partition coefficient (Wildman–Crippen LogP) is 3.65. The van der Waals surface area contributed by atoms with E-state index in [0.29, 0.717) is 17.4 Å². The van der Waals surface area contributed by atoms with Crippen molar-refractivity contribution in [1.29, 1.82) is 0 Å². The Morgan fingerprint density at radius 1 is 1.17 bits per heavy atom. The van der Waals surface area contributed by atoms with Crippen LogP contribution < -0.4 is 10.1 Å². The lowest BCUT2D eigenvalue weighted by Crippen LogP contribution is -2.15. The van der Waals surface area contributed by atoms with Crippen LogP contribution in [0.2, 0.25) is 0 Å². The molecule has 118 valence electrons. The SMILES string of the molecule is COc1ccccc1-c1noc2ncnc(NC3CCCC3)c12. The fourth-order valence-electron chi connectivity index (χ4n) is 3.18. The van der Waals surface area contributed by atoms with Crippen molar-refractivity contribution < 1.29 is 9.26 Å². The van der Waals surface area contributed by atoms with Crippen LogP contribution in [0.4, 0.5) is 5.82 Å². The summed E-state index contributed by atoms with van der Waals surface area (Å²) in [4.78, 5) is 8.62. The van der Waals surface area contributed by atoms with Gasteiger partial charge in [0.1, 0.15) is 29.0 Å². The molecule has 6 heteroatoms. The fraction of sp³-hybridized carbons (Fsp3) is 0.353. The summed E-state index contributed by atoms with van der Waals surface area (Å²) in [6.45, 7) is 0. The summed E-state index contributed by atoms with van der Waals surface area (Å²) in [6, 6.07) is 8.20. The van der Waals surface area contributed by atoms with Crippen LogP contribution >= 0.6 is 0 Å². The second-order valence-corrected chi connectivity index (χ2v) is 5.76. The lowest BCUT2D eigenvalue weighted by molar-refractivity contribution is 0.414. The Morgan fingerprint density at radius 3 is 2.83 bits per heavy atom. The van der Waals surface area contributed by atoms with E-state index < -0.39 is 0 Å². The Hall–Kier alpha value is -2.63. The summed E-state index contributed by atoms with van der Waals surface area (Å²) >= 11 is 0. The van der Waals surface area contributed by atoms with Gasteiger partial charge in [0.15, 0.2) is 0 Å². The number of ether oxygens (including phenoxy) is 1. The summed E-state index contributed by atoms with van der Waals surface area (Å²) in [7, 11) is 1.65. The second kappa shape index (κ2) is 5.87. The van der Waals surface area contributed by atoms with E-state index in [0.717, 1.165) is 22.5 Å². The average Bonchev–Trinajstić information content (AvgIpc) is 3.24. The molecule has 0 bridgehead atoms. The molecule has 0 spiro atoms. The van der Waals surface area contributed by atoms with Gasteiger partial charge in [-0.1, -0.05) is 30.1 Å². The molecule has 0 amide bonds. The van der Waals surface area contributed by atoms with Gasteiger partial charge in [0.2, 0.25) is 0 Å². The molecular formula is C17H18N4O2. The number of aromatic nitrogens is 3. The maximum absolute atomic E-state index is 5.45. The molecule has 0 radical (unpaired) electrons. The van der Waals surface area contributed by atoms with Gasteiger partial charge in [-0.05, 0) is 25.0 Å². The molecule has 1 saturated carbocycles. The minimum atomic E-state index is 0.452. The van der Waals surface area contributed by atoms with Crippen LogP contribution in [0.3, 0.4) is 0 Å². The zero-order valence-electron chi connectivity index (χ0n) is 13.0. The number of nitrogens with zero attached hydrogens (tertiary/aromatic N) is 3. The first-order valence-electron chi connectivity index (χ1n) is 7.87. The summed E-state index contributed by atoms with van der Waals surface area (Å²) < 4.78 is 10.9.